The van der Waals surface area contributed by atoms with Crippen molar-refractivity contribution in [3.8, 4) is 17.3 Å². The summed E-state index contributed by atoms with van der Waals surface area (Å²) in [7, 11) is 0. The number of ketones is 1. The molecule has 2 amide bonds. The fourth-order valence-electron chi connectivity index (χ4n) is 5.94. The first-order valence-electron chi connectivity index (χ1n) is 14.4. The van der Waals surface area contributed by atoms with Gasteiger partial charge in [0.15, 0.2) is 5.78 Å². The van der Waals surface area contributed by atoms with Gasteiger partial charge < -0.3 is 30.1 Å². The topological polar surface area (TPSA) is 158 Å². The lowest BCUT2D eigenvalue weighted by Crippen LogP contribution is -2.52. The van der Waals surface area contributed by atoms with Crippen LogP contribution in [0.15, 0.2) is 42.9 Å². The molecule has 3 aliphatic rings. The Morgan fingerprint density at radius 2 is 1.91 bits per heavy atom. The molecule has 0 radical (unpaired) electrons. The zero-order valence-corrected chi connectivity index (χ0v) is 24.3. The number of rotatable bonds is 9. The Labute approximate surface area is 249 Å². The SMILES string of the molecule is CC1(C)C(=O)c2ccc(-c3cnc(N4CCN5C(=O)N(CCOCCN)C[C@@H]5C4)nc3)nc2N1Cc1cccnc1C#N. The van der Waals surface area contributed by atoms with Crippen molar-refractivity contribution in [2.75, 3.05) is 62.3 Å². The second kappa shape index (κ2) is 11.5. The molecule has 1 atom stereocenters. The third-order valence-corrected chi connectivity index (χ3v) is 8.35. The van der Waals surface area contributed by atoms with Crippen LogP contribution in [0, 0.1) is 11.3 Å². The molecule has 2 N–H and O–H groups in total. The standard InChI is InChI=1S/C30H34N10O3/c1-30(2)26(41)23-5-6-24(36-27(23)40(30)17-20-4-3-8-33-25(20)14-32)21-15-34-28(35-16-21)37-9-10-39-22(18-37)19-38(29(39)42)11-13-43-12-7-31/h3-6,8,15-16,22H,7,9-13,17-19,31H2,1-2H3/t22-/m0/s1. The molecular weight excluding hydrogens is 548 g/mol. The van der Waals surface area contributed by atoms with Crippen molar-refractivity contribution in [2.24, 2.45) is 5.73 Å². The van der Waals surface area contributed by atoms with E-state index in [0.29, 0.717) is 87.7 Å². The number of pyridine rings is 2. The number of amides is 2. The number of nitriles is 1. The Bertz CT molecular complexity index is 1570. The van der Waals surface area contributed by atoms with Gasteiger partial charge in [-0.1, -0.05) is 6.07 Å². The average molecular weight is 583 g/mol. The van der Waals surface area contributed by atoms with Crippen LogP contribution in [-0.4, -0.2) is 106 Å². The molecule has 13 nitrogen and oxygen atoms in total. The maximum absolute atomic E-state index is 13.3. The van der Waals surface area contributed by atoms with Gasteiger partial charge in [0.2, 0.25) is 5.95 Å². The summed E-state index contributed by atoms with van der Waals surface area (Å²) in [6.45, 7) is 8.55. The highest BCUT2D eigenvalue weighted by Crippen LogP contribution is 2.39. The molecule has 0 aromatic carbocycles. The lowest BCUT2D eigenvalue weighted by atomic mass is 9.97. The highest BCUT2D eigenvalue weighted by molar-refractivity contribution is 6.12. The van der Waals surface area contributed by atoms with Crippen molar-refractivity contribution in [1.82, 2.24) is 29.7 Å². The van der Waals surface area contributed by atoms with Gasteiger partial charge in [0, 0.05) is 75.5 Å². The molecule has 43 heavy (non-hydrogen) atoms. The molecular formula is C30H34N10O3. The highest BCUT2D eigenvalue weighted by atomic mass is 16.5. The molecule has 222 valence electrons. The normalized spacial score (nSPS) is 19.1. The summed E-state index contributed by atoms with van der Waals surface area (Å²) in [5.41, 5.74) is 7.60. The van der Waals surface area contributed by atoms with Crippen molar-refractivity contribution in [3.05, 3.63) is 59.7 Å². The number of hydrogen-bond acceptors (Lipinski definition) is 11. The van der Waals surface area contributed by atoms with Gasteiger partial charge in [-0.2, -0.15) is 5.26 Å². The minimum atomic E-state index is -0.840. The van der Waals surface area contributed by atoms with Crippen molar-refractivity contribution < 1.29 is 14.3 Å². The molecule has 2 saturated heterocycles. The number of urea groups is 1. The van der Waals surface area contributed by atoms with Crippen LogP contribution in [0.1, 0.15) is 35.5 Å². The van der Waals surface area contributed by atoms with Gasteiger partial charge in [0.05, 0.1) is 36.1 Å². The van der Waals surface area contributed by atoms with E-state index >= 15 is 0 Å². The Balaban J connectivity index is 1.17. The van der Waals surface area contributed by atoms with E-state index in [4.69, 9.17) is 15.5 Å². The molecule has 0 bridgehead atoms. The van der Waals surface area contributed by atoms with Gasteiger partial charge in [-0.25, -0.2) is 24.7 Å². The number of carbonyl (C=O) groups is 2. The van der Waals surface area contributed by atoms with Gasteiger partial charge in [0.25, 0.3) is 0 Å². The van der Waals surface area contributed by atoms with E-state index in [9.17, 15) is 14.9 Å². The first kappa shape index (κ1) is 28.4. The number of piperazine rings is 1. The van der Waals surface area contributed by atoms with Crippen LogP contribution in [0.2, 0.25) is 0 Å². The smallest absolute Gasteiger partial charge is 0.320 e. The summed E-state index contributed by atoms with van der Waals surface area (Å²) in [6, 6.07) is 9.48. The average Bonchev–Trinajstić information content (AvgIpc) is 3.44. The number of Topliss-reactive ketones (excluding diaryl/α,β-unsaturated/α-hetero) is 1. The van der Waals surface area contributed by atoms with Crippen LogP contribution in [0.3, 0.4) is 0 Å². The first-order chi connectivity index (χ1) is 20.8. The zero-order chi connectivity index (χ0) is 30.1. The second-order valence-electron chi connectivity index (χ2n) is 11.4. The molecule has 13 heteroatoms. The third-order valence-electron chi connectivity index (χ3n) is 8.35. The van der Waals surface area contributed by atoms with Crippen LogP contribution in [0.4, 0.5) is 16.6 Å². The summed E-state index contributed by atoms with van der Waals surface area (Å²) in [4.78, 5) is 52.3. The predicted octanol–water partition coefficient (Wildman–Crippen LogP) is 1.69. The summed E-state index contributed by atoms with van der Waals surface area (Å²) in [6.07, 6.45) is 5.07. The van der Waals surface area contributed by atoms with E-state index in [2.05, 4.69) is 25.9 Å². The molecule has 3 aromatic heterocycles. The Morgan fingerprint density at radius 3 is 2.67 bits per heavy atom. The van der Waals surface area contributed by atoms with Crippen LogP contribution in [-0.2, 0) is 11.3 Å². The predicted molar refractivity (Wildman–Crippen MR) is 158 cm³/mol. The van der Waals surface area contributed by atoms with E-state index in [-0.39, 0.29) is 17.9 Å². The van der Waals surface area contributed by atoms with Gasteiger partial charge in [-0.3, -0.25) is 4.79 Å². The molecule has 0 unspecified atom stereocenters. The first-order valence-corrected chi connectivity index (χ1v) is 14.4. The van der Waals surface area contributed by atoms with E-state index in [1.807, 2.05) is 40.7 Å². The van der Waals surface area contributed by atoms with Crippen LogP contribution >= 0.6 is 0 Å². The summed E-state index contributed by atoms with van der Waals surface area (Å²) < 4.78 is 5.46. The monoisotopic (exact) mass is 582 g/mol. The number of hydrogen-bond donors (Lipinski definition) is 1. The maximum atomic E-state index is 13.3. The molecule has 2 fully saturated rings. The van der Waals surface area contributed by atoms with Crippen molar-refractivity contribution in [1.29, 1.82) is 5.26 Å². The van der Waals surface area contributed by atoms with Crippen LogP contribution < -0.4 is 15.5 Å². The second-order valence-corrected chi connectivity index (χ2v) is 11.4. The molecule has 0 aliphatic carbocycles. The summed E-state index contributed by atoms with van der Waals surface area (Å²) in [5, 5.41) is 9.54. The molecule has 6 rings (SSSR count). The lowest BCUT2D eigenvalue weighted by molar-refractivity contribution is 0.0923. The number of nitrogens with zero attached hydrogens (tertiary/aromatic N) is 9. The summed E-state index contributed by atoms with van der Waals surface area (Å²) in [5.74, 6) is 1.13. The van der Waals surface area contributed by atoms with E-state index < -0.39 is 5.54 Å². The van der Waals surface area contributed by atoms with E-state index in [1.54, 1.807) is 30.7 Å². The number of anilines is 2. The number of fused-ring (bicyclic) bond motifs is 2. The van der Waals surface area contributed by atoms with E-state index in [1.165, 1.54) is 0 Å². The van der Waals surface area contributed by atoms with Crippen molar-refractivity contribution in [3.63, 3.8) is 0 Å². The maximum Gasteiger partial charge on any atom is 0.320 e. The minimum absolute atomic E-state index is 0.0262. The Morgan fingerprint density at radius 1 is 1.09 bits per heavy atom. The third kappa shape index (κ3) is 5.24. The fourth-order valence-corrected chi connectivity index (χ4v) is 5.94. The quantitative estimate of drug-likeness (QED) is 0.366. The summed E-state index contributed by atoms with van der Waals surface area (Å²) >= 11 is 0. The number of nitrogens with two attached hydrogens (primary N) is 1. The molecule has 6 heterocycles. The minimum Gasteiger partial charge on any atom is -0.378 e. The molecule has 0 spiro atoms. The van der Waals surface area contributed by atoms with E-state index in [0.717, 1.165) is 11.1 Å². The van der Waals surface area contributed by atoms with Crippen LogP contribution in [0.25, 0.3) is 11.3 Å². The number of aromatic nitrogens is 4. The van der Waals surface area contributed by atoms with Crippen LogP contribution in [0.5, 0.6) is 0 Å². The van der Waals surface area contributed by atoms with Gasteiger partial charge in [0.1, 0.15) is 17.6 Å². The van der Waals surface area contributed by atoms with Gasteiger partial charge in [-0.15, -0.1) is 0 Å². The Kier molecular flexibility index (Phi) is 7.64. The molecule has 3 aliphatic heterocycles. The van der Waals surface area contributed by atoms with Crippen molar-refractivity contribution in [2.45, 2.75) is 32.0 Å². The number of carbonyl (C=O) groups excluding carboxylic acids is 2. The Hall–Kier alpha value is -4.67. The number of ether oxygens (including phenoxy) is 1. The molecule has 3 aromatic rings. The zero-order valence-electron chi connectivity index (χ0n) is 24.3. The fraction of sp³-hybridized carbons (Fsp3) is 0.433. The van der Waals surface area contributed by atoms with Gasteiger partial charge in [-0.05, 0) is 32.0 Å². The van der Waals surface area contributed by atoms with Gasteiger partial charge >= 0.3 is 6.03 Å². The molecule has 0 saturated carbocycles. The van der Waals surface area contributed by atoms with Crippen molar-refractivity contribution >= 4 is 23.6 Å². The highest BCUT2D eigenvalue weighted by Gasteiger charge is 2.45. The largest absolute Gasteiger partial charge is 0.378 e. The lowest BCUT2D eigenvalue weighted by Gasteiger charge is -2.36.